The Bertz CT molecular complexity index is 183. The van der Waals surface area contributed by atoms with E-state index in [1.807, 2.05) is 0 Å². The summed E-state index contributed by atoms with van der Waals surface area (Å²) in [6.45, 7) is 7.03. The van der Waals surface area contributed by atoms with E-state index in [1.54, 1.807) is 7.11 Å². The number of hydrogen-bond acceptors (Lipinski definition) is 4. The van der Waals surface area contributed by atoms with Crippen molar-refractivity contribution in [2.75, 3.05) is 60.2 Å². The molecule has 1 fully saturated rings. The molecular formula is C14H30N2O2. The van der Waals surface area contributed by atoms with E-state index in [-0.39, 0.29) is 0 Å². The van der Waals surface area contributed by atoms with Crippen LogP contribution in [0.3, 0.4) is 0 Å². The molecule has 108 valence electrons. The minimum atomic E-state index is 0.698. The molecule has 1 aliphatic rings. The van der Waals surface area contributed by atoms with Crippen LogP contribution in [0.2, 0.25) is 0 Å². The molecular weight excluding hydrogens is 228 g/mol. The van der Waals surface area contributed by atoms with Crippen LogP contribution in [0.25, 0.3) is 0 Å². The monoisotopic (exact) mass is 258 g/mol. The van der Waals surface area contributed by atoms with E-state index in [4.69, 9.17) is 9.47 Å². The van der Waals surface area contributed by atoms with Crippen LogP contribution in [-0.4, -0.2) is 65.1 Å². The number of nitrogens with one attached hydrogen (secondary N) is 1. The smallest absolute Gasteiger partial charge is 0.0700 e. The van der Waals surface area contributed by atoms with E-state index in [2.05, 4.69) is 17.3 Å². The summed E-state index contributed by atoms with van der Waals surface area (Å²) in [5.74, 6) is 0.937. The van der Waals surface area contributed by atoms with Crippen LogP contribution in [-0.2, 0) is 9.47 Å². The fourth-order valence-corrected chi connectivity index (χ4v) is 2.33. The molecule has 0 unspecified atom stereocenters. The average Bonchev–Trinajstić information content (AvgIpc) is 2.39. The fourth-order valence-electron chi connectivity index (χ4n) is 2.33. The van der Waals surface area contributed by atoms with Crippen LogP contribution in [0.4, 0.5) is 0 Å². The third kappa shape index (κ3) is 8.03. The Morgan fingerprint density at radius 2 is 1.89 bits per heavy atom. The number of nitrogens with zero attached hydrogens (tertiary/aromatic N) is 1. The second-order valence-corrected chi connectivity index (χ2v) is 5.24. The number of methoxy groups -OCH3 is 1. The van der Waals surface area contributed by atoms with Crippen molar-refractivity contribution in [3.63, 3.8) is 0 Å². The van der Waals surface area contributed by atoms with Gasteiger partial charge >= 0.3 is 0 Å². The Balaban J connectivity index is 1.78. The standard InChI is InChI=1S/C14H30N2O2/c1-16-9-5-14(6-10-16)4-8-15-7-3-11-18-13-12-17-2/h14-15H,3-13H2,1-2H3. The summed E-state index contributed by atoms with van der Waals surface area (Å²) in [6, 6.07) is 0. The first-order valence-corrected chi connectivity index (χ1v) is 7.29. The molecule has 0 atom stereocenters. The van der Waals surface area contributed by atoms with Crippen LogP contribution < -0.4 is 5.32 Å². The topological polar surface area (TPSA) is 33.7 Å². The van der Waals surface area contributed by atoms with Crippen molar-refractivity contribution < 1.29 is 9.47 Å². The SMILES string of the molecule is COCCOCCCNCCC1CCN(C)CC1. The number of piperidine rings is 1. The first-order chi connectivity index (χ1) is 8.83. The van der Waals surface area contributed by atoms with Gasteiger partial charge in [-0.1, -0.05) is 0 Å². The summed E-state index contributed by atoms with van der Waals surface area (Å²) in [5.41, 5.74) is 0. The molecule has 0 aromatic heterocycles. The van der Waals surface area contributed by atoms with Gasteiger partial charge in [0, 0.05) is 13.7 Å². The summed E-state index contributed by atoms with van der Waals surface area (Å²) < 4.78 is 10.3. The normalized spacial score (nSPS) is 18.3. The first-order valence-electron chi connectivity index (χ1n) is 7.29. The summed E-state index contributed by atoms with van der Waals surface area (Å²) in [4.78, 5) is 2.43. The highest BCUT2D eigenvalue weighted by atomic mass is 16.5. The maximum absolute atomic E-state index is 5.41. The van der Waals surface area contributed by atoms with Crippen LogP contribution >= 0.6 is 0 Å². The lowest BCUT2D eigenvalue weighted by molar-refractivity contribution is 0.0694. The second-order valence-electron chi connectivity index (χ2n) is 5.24. The van der Waals surface area contributed by atoms with E-state index in [1.165, 1.54) is 32.4 Å². The highest BCUT2D eigenvalue weighted by molar-refractivity contribution is 4.70. The Kier molecular flexibility index (Phi) is 9.48. The maximum atomic E-state index is 5.41. The van der Waals surface area contributed by atoms with Crippen molar-refractivity contribution in [3.05, 3.63) is 0 Å². The minimum absolute atomic E-state index is 0.698. The minimum Gasteiger partial charge on any atom is -0.382 e. The van der Waals surface area contributed by atoms with E-state index < -0.39 is 0 Å². The molecule has 0 bridgehead atoms. The van der Waals surface area contributed by atoms with Gasteiger partial charge in [-0.05, 0) is 64.8 Å². The molecule has 0 aromatic carbocycles. The number of hydrogen-bond donors (Lipinski definition) is 1. The van der Waals surface area contributed by atoms with Crippen molar-refractivity contribution in [3.8, 4) is 0 Å². The maximum Gasteiger partial charge on any atom is 0.0700 e. The molecule has 1 N–H and O–H groups in total. The zero-order valence-corrected chi connectivity index (χ0v) is 12.1. The molecule has 1 saturated heterocycles. The number of rotatable bonds is 10. The van der Waals surface area contributed by atoms with E-state index in [0.29, 0.717) is 13.2 Å². The van der Waals surface area contributed by atoms with Gasteiger partial charge in [-0.2, -0.15) is 0 Å². The average molecular weight is 258 g/mol. The van der Waals surface area contributed by atoms with Crippen molar-refractivity contribution in [1.82, 2.24) is 10.2 Å². The molecule has 0 amide bonds. The van der Waals surface area contributed by atoms with E-state index in [9.17, 15) is 0 Å². The molecule has 1 aliphatic heterocycles. The van der Waals surface area contributed by atoms with Crippen molar-refractivity contribution in [2.24, 2.45) is 5.92 Å². The van der Waals surface area contributed by atoms with Crippen LogP contribution in [0.15, 0.2) is 0 Å². The summed E-state index contributed by atoms with van der Waals surface area (Å²) >= 11 is 0. The third-order valence-corrected chi connectivity index (χ3v) is 3.64. The van der Waals surface area contributed by atoms with Gasteiger partial charge in [0.2, 0.25) is 0 Å². The molecule has 0 aliphatic carbocycles. The molecule has 0 saturated carbocycles. The molecule has 1 rings (SSSR count). The summed E-state index contributed by atoms with van der Waals surface area (Å²) in [6.07, 6.45) is 5.17. The third-order valence-electron chi connectivity index (χ3n) is 3.64. The zero-order valence-electron chi connectivity index (χ0n) is 12.1. The summed E-state index contributed by atoms with van der Waals surface area (Å²) in [5, 5.41) is 3.51. The van der Waals surface area contributed by atoms with Gasteiger partial charge in [0.15, 0.2) is 0 Å². The van der Waals surface area contributed by atoms with Crippen LogP contribution in [0.1, 0.15) is 25.7 Å². The molecule has 0 spiro atoms. The van der Waals surface area contributed by atoms with E-state index in [0.717, 1.165) is 32.0 Å². The number of likely N-dealkylation sites (tertiary alicyclic amines) is 1. The lowest BCUT2D eigenvalue weighted by Crippen LogP contribution is -2.31. The van der Waals surface area contributed by atoms with Crippen molar-refractivity contribution in [1.29, 1.82) is 0 Å². The Morgan fingerprint density at radius 3 is 2.61 bits per heavy atom. The fraction of sp³-hybridized carbons (Fsp3) is 1.00. The highest BCUT2D eigenvalue weighted by Gasteiger charge is 2.15. The Morgan fingerprint density at radius 1 is 1.11 bits per heavy atom. The lowest BCUT2D eigenvalue weighted by Gasteiger charge is -2.28. The zero-order chi connectivity index (χ0) is 13.1. The van der Waals surface area contributed by atoms with Crippen LogP contribution in [0.5, 0.6) is 0 Å². The number of ether oxygens (including phenoxy) is 2. The van der Waals surface area contributed by atoms with Gasteiger partial charge < -0.3 is 19.7 Å². The largest absolute Gasteiger partial charge is 0.382 e. The lowest BCUT2D eigenvalue weighted by atomic mass is 9.94. The van der Waals surface area contributed by atoms with Gasteiger partial charge in [-0.15, -0.1) is 0 Å². The van der Waals surface area contributed by atoms with Crippen molar-refractivity contribution in [2.45, 2.75) is 25.7 Å². The molecule has 4 nitrogen and oxygen atoms in total. The first kappa shape index (κ1) is 15.9. The van der Waals surface area contributed by atoms with E-state index >= 15 is 0 Å². The molecule has 0 aromatic rings. The van der Waals surface area contributed by atoms with Gasteiger partial charge in [0.25, 0.3) is 0 Å². The predicted octanol–water partition coefficient (Wildman–Crippen LogP) is 1.36. The molecule has 4 heteroatoms. The van der Waals surface area contributed by atoms with Gasteiger partial charge in [0.05, 0.1) is 13.2 Å². The van der Waals surface area contributed by atoms with Gasteiger partial charge in [-0.25, -0.2) is 0 Å². The second kappa shape index (κ2) is 10.7. The molecule has 18 heavy (non-hydrogen) atoms. The molecule has 0 radical (unpaired) electrons. The predicted molar refractivity (Wildman–Crippen MR) is 75.0 cm³/mol. The molecule has 1 heterocycles. The highest BCUT2D eigenvalue weighted by Crippen LogP contribution is 2.18. The van der Waals surface area contributed by atoms with Crippen molar-refractivity contribution >= 4 is 0 Å². The Labute approximate surface area is 112 Å². The summed E-state index contributed by atoms with van der Waals surface area (Å²) in [7, 11) is 3.92. The van der Waals surface area contributed by atoms with Crippen LogP contribution in [0, 0.1) is 5.92 Å². The van der Waals surface area contributed by atoms with Gasteiger partial charge in [-0.3, -0.25) is 0 Å². The Hall–Kier alpha value is -0.160. The quantitative estimate of drug-likeness (QED) is 0.600. The van der Waals surface area contributed by atoms with Gasteiger partial charge in [0.1, 0.15) is 0 Å².